The second-order valence-corrected chi connectivity index (χ2v) is 19.4. The number of allylic oxidation sites excluding steroid dienone is 8. The van der Waals surface area contributed by atoms with Gasteiger partial charge in [-0.1, -0.05) is 0 Å². The Kier molecular flexibility index (Phi) is 6.25. The van der Waals surface area contributed by atoms with Gasteiger partial charge in [-0.05, 0) is 0 Å². The molecular weight excluding hydrogens is 484 g/mol. The molecule has 2 nitrogen and oxygen atoms in total. The Morgan fingerprint density at radius 2 is 0.879 bits per heavy atom. The molecule has 2 atom stereocenters. The van der Waals surface area contributed by atoms with Crippen LogP contribution in [0, 0.1) is 13.8 Å². The zero-order chi connectivity index (χ0) is 24.0. The standard InChI is InChI=1S/2C8H11.2C7H8O.Zr/c2*1-6-4-7(2)8(3)5-6;2*1-6-2-4-7(8)5-3-6;/h2*4-5H,1-3H3;2*2-5,8H,1H3;/q;;;;+2/p-2. The molecule has 2 aliphatic rings. The van der Waals surface area contributed by atoms with Crippen LogP contribution in [-0.4, -0.2) is 0 Å². The summed E-state index contributed by atoms with van der Waals surface area (Å²) in [7, 11) is 0. The summed E-state index contributed by atoms with van der Waals surface area (Å²) < 4.78 is 14.1. The molecule has 172 valence electrons. The third kappa shape index (κ3) is 4.03. The first kappa shape index (κ1) is 24.0. The SMILES string of the molecule is CC1=C[C](C)([Zr]([O]c2ccc(C)cc2)([O]c2ccc(C)cc2)[C]2(C)C=C(C)C=C2C)C(C)=C1. The molecule has 2 aromatic carbocycles. The average molecular weight is 520 g/mol. The number of rotatable bonds is 6. The van der Waals surface area contributed by atoms with E-state index in [-0.39, 0.29) is 6.25 Å². The zero-order valence-corrected chi connectivity index (χ0v) is 23.7. The van der Waals surface area contributed by atoms with Gasteiger partial charge in [0.05, 0.1) is 0 Å². The van der Waals surface area contributed by atoms with Gasteiger partial charge in [-0.25, -0.2) is 0 Å². The Morgan fingerprint density at radius 3 is 1.15 bits per heavy atom. The van der Waals surface area contributed by atoms with Crippen LogP contribution in [0.3, 0.4) is 0 Å². The Morgan fingerprint density at radius 1 is 0.545 bits per heavy atom. The van der Waals surface area contributed by atoms with Crippen molar-refractivity contribution in [3.8, 4) is 11.5 Å². The van der Waals surface area contributed by atoms with Crippen molar-refractivity contribution in [2.24, 2.45) is 0 Å². The van der Waals surface area contributed by atoms with Crippen LogP contribution >= 0.6 is 0 Å². The van der Waals surface area contributed by atoms with E-state index in [0.29, 0.717) is 0 Å². The van der Waals surface area contributed by atoms with Gasteiger partial charge in [0.1, 0.15) is 0 Å². The summed E-state index contributed by atoms with van der Waals surface area (Å²) in [5.41, 5.74) is 7.64. The van der Waals surface area contributed by atoms with Crippen LogP contribution < -0.4 is 5.63 Å². The van der Waals surface area contributed by atoms with E-state index in [0.717, 1.165) is 11.5 Å². The van der Waals surface area contributed by atoms with Gasteiger partial charge in [-0.15, -0.1) is 0 Å². The molecule has 0 amide bonds. The molecule has 0 N–H and O–H groups in total. The second kappa shape index (κ2) is 8.59. The van der Waals surface area contributed by atoms with Crippen LogP contribution in [0.15, 0.2) is 95.1 Å². The van der Waals surface area contributed by atoms with Gasteiger partial charge in [0.2, 0.25) is 0 Å². The molecule has 4 rings (SSSR count). The molecule has 0 aliphatic heterocycles. The topological polar surface area (TPSA) is 18.5 Å². The molecule has 0 bridgehead atoms. The molecule has 0 aromatic heterocycles. The molecule has 0 saturated carbocycles. The Labute approximate surface area is 205 Å². The summed E-state index contributed by atoms with van der Waals surface area (Å²) in [5, 5.41) is 0. The average Bonchev–Trinajstić information content (AvgIpc) is 3.18. The molecule has 0 saturated heterocycles. The first-order valence-corrected chi connectivity index (χ1v) is 16.2. The van der Waals surface area contributed by atoms with Crippen LogP contribution in [0.25, 0.3) is 0 Å². The van der Waals surface area contributed by atoms with E-state index in [4.69, 9.17) is 5.63 Å². The van der Waals surface area contributed by atoms with Crippen molar-refractivity contribution >= 4 is 0 Å². The monoisotopic (exact) mass is 518 g/mol. The van der Waals surface area contributed by atoms with E-state index in [1.54, 1.807) is 0 Å². The van der Waals surface area contributed by atoms with Crippen molar-refractivity contribution in [1.82, 2.24) is 0 Å². The predicted molar refractivity (Wildman–Crippen MR) is 135 cm³/mol. The second-order valence-electron chi connectivity index (χ2n) is 10.3. The molecule has 3 heteroatoms. The van der Waals surface area contributed by atoms with Gasteiger partial charge in [0.25, 0.3) is 0 Å². The first-order chi connectivity index (χ1) is 15.5. The van der Waals surface area contributed by atoms with Crippen LogP contribution in [0.1, 0.15) is 52.7 Å². The predicted octanol–water partition coefficient (Wildman–Crippen LogP) is 8.91. The molecule has 0 spiro atoms. The molecule has 0 heterocycles. The summed E-state index contributed by atoms with van der Waals surface area (Å²) in [5.74, 6) is 1.78. The summed E-state index contributed by atoms with van der Waals surface area (Å²) in [6, 6.07) is 16.9. The van der Waals surface area contributed by atoms with Gasteiger partial charge in [0, 0.05) is 0 Å². The van der Waals surface area contributed by atoms with E-state index in [1.807, 2.05) is 0 Å². The molecular formula is C30H36O2Zr. The number of hydrogen-bond donors (Lipinski definition) is 0. The zero-order valence-electron chi connectivity index (χ0n) is 21.2. The molecule has 0 radical (unpaired) electrons. The van der Waals surface area contributed by atoms with E-state index in [2.05, 4.69) is 128 Å². The molecule has 0 fully saturated rings. The van der Waals surface area contributed by atoms with Crippen molar-refractivity contribution in [2.45, 2.75) is 61.6 Å². The minimum atomic E-state index is -4.29. The summed E-state index contributed by atoms with van der Waals surface area (Å²) in [6.45, 7) is 17.7. The Balaban J connectivity index is 2.00. The van der Waals surface area contributed by atoms with E-state index < -0.39 is 21.1 Å². The van der Waals surface area contributed by atoms with Crippen LogP contribution in [0.4, 0.5) is 0 Å². The van der Waals surface area contributed by atoms with Gasteiger partial charge in [0.15, 0.2) is 0 Å². The van der Waals surface area contributed by atoms with Crippen LogP contribution in [0.5, 0.6) is 11.5 Å². The van der Waals surface area contributed by atoms with Crippen LogP contribution in [-0.2, 0) is 21.1 Å². The molecule has 2 unspecified atom stereocenters. The summed E-state index contributed by atoms with van der Waals surface area (Å²) >= 11 is -4.29. The number of aryl methyl sites for hydroxylation is 2. The van der Waals surface area contributed by atoms with Gasteiger partial charge >= 0.3 is 206 Å². The first-order valence-electron chi connectivity index (χ1n) is 11.8. The fourth-order valence-corrected chi connectivity index (χ4v) is 17.5. The van der Waals surface area contributed by atoms with Gasteiger partial charge in [-0.2, -0.15) is 0 Å². The normalized spacial score (nSPS) is 24.7. The molecule has 33 heavy (non-hydrogen) atoms. The maximum atomic E-state index is 7.32. The van der Waals surface area contributed by atoms with Gasteiger partial charge < -0.3 is 0 Å². The van der Waals surface area contributed by atoms with Crippen molar-refractivity contribution < 1.29 is 26.8 Å². The van der Waals surface area contributed by atoms with Crippen molar-refractivity contribution in [1.29, 1.82) is 0 Å². The number of benzene rings is 2. The maximum absolute atomic E-state index is 7.32. The fraction of sp³-hybridized carbons (Fsp3) is 0.333. The Bertz CT molecular complexity index is 1090. The van der Waals surface area contributed by atoms with Crippen LogP contribution in [0.2, 0.25) is 6.25 Å². The van der Waals surface area contributed by atoms with E-state index in [9.17, 15) is 0 Å². The minimum absolute atomic E-state index is 0.292. The summed E-state index contributed by atoms with van der Waals surface area (Å²) in [4.78, 5) is 0. The summed E-state index contributed by atoms with van der Waals surface area (Å²) in [6.07, 6.45) is 9.41. The quantitative estimate of drug-likeness (QED) is 0.379. The van der Waals surface area contributed by atoms with E-state index >= 15 is 0 Å². The third-order valence-electron chi connectivity index (χ3n) is 7.49. The number of hydrogen-bond acceptors (Lipinski definition) is 2. The Hall–Kier alpha value is -2.12. The van der Waals surface area contributed by atoms with Crippen molar-refractivity contribution in [2.75, 3.05) is 0 Å². The molecule has 2 aromatic rings. The van der Waals surface area contributed by atoms with Gasteiger partial charge in [-0.3, -0.25) is 0 Å². The van der Waals surface area contributed by atoms with Crippen molar-refractivity contribution in [3.05, 3.63) is 106 Å². The van der Waals surface area contributed by atoms with E-state index in [1.165, 1.54) is 33.4 Å². The van der Waals surface area contributed by atoms with Crippen molar-refractivity contribution in [3.63, 3.8) is 0 Å². The fourth-order valence-electron chi connectivity index (χ4n) is 5.44. The molecule has 2 aliphatic carbocycles. The third-order valence-corrected chi connectivity index (χ3v) is 19.4.